The van der Waals surface area contributed by atoms with Gasteiger partial charge in [0.25, 0.3) is 0 Å². The molecule has 0 radical (unpaired) electrons. The maximum atomic E-state index is 12.3. The van der Waals surface area contributed by atoms with Gasteiger partial charge >= 0.3 is 0 Å². The molecule has 1 heterocycles. The quantitative estimate of drug-likeness (QED) is 0.262. The fourth-order valence-electron chi connectivity index (χ4n) is 3.00. The summed E-state index contributed by atoms with van der Waals surface area (Å²) in [4.78, 5) is 16.9. The molecule has 0 spiro atoms. The van der Waals surface area contributed by atoms with E-state index in [9.17, 15) is 4.79 Å². The average molecular weight is 568 g/mol. The molecule has 0 fully saturated rings. The first-order valence-corrected chi connectivity index (χ1v) is 10.7. The molecular formula is C24H33IN4O4. The number of halogens is 1. The summed E-state index contributed by atoms with van der Waals surface area (Å²) in [6, 6.07) is 13.3. The standard InChI is InChI=1S/C24H32N4O4.HI/c1-16(2)32-19-9-7-18(8-10-19)27-23(26-14-22(29)28-24(3,4)5)25-13-17-6-11-20-21(12-17)31-15-30-20;/h6-12,16H,13-15H2,1-5H3,(H,28,29)(H2,25,26,27);1H. The smallest absolute Gasteiger partial charge is 0.239 e. The van der Waals surface area contributed by atoms with Crippen LogP contribution in [0.1, 0.15) is 40.2 Å². The second-order valence-corrected chi connectivity index (χ2v) is 8.82. The Morgan fingerprint density at radius 1 is 1.09 bits per heavy atom. The molecule has 0 saturated heterocycles. The molecule has 0 bridgehead atoms. The molecule has 0 saturated carbocycles. The van der Waals surface area contributed by atoms with E-state index in [1.165, 1.54) is 0 Å². The Labute approximate surface area is 212 Å². The van der Waals surface area contributed by atoms with E-state index >= 15 is 0 Å². The third-order valence-electron chi connectivity index (χ3n) is 4.28. The first-order chi connectivity index (χ1) is 15.2. The van der Waals surface area contributed by atoms with Gasteiger partial charge in [0.05, 0.1) is 19.2 Å². The van der Waals surface area contributed by atoms with E-state index in [1.807, 2.05) is 77.1 Å². The number of benzene rings is 2. The number of nitrogens with one attached hydrogen (secondary N) is 3. The summed E-state index contributed by atoms with van der Waals surface area (Å²) in [5.41, 5.74) is 1.49. The van der Waals surface area contributed by atoms with E-state index in [2.05, 4.69) is 20.9 Å². The number of carbonyl (C=O) groups is 1. The summed E-state index contributed by atoms with van der Waals surface area (Å²) in [6.07, 6.45) is 0.107. The van der Waals surface area contributed by atoms with Gasteiger partial charge < -0.3 is 30.2 Å². The van der Waals surface area contributed by atoms with Gasteiger partial charge in [-0.25, -0.2) is 4.99 Å². The van der Waals surface area contributed by atoms with Gasteiger partial charge in [0.2, 0.25) is 12.7 Å². The molecule has 2 aromatic rings. The van der Waals surface area contributed by atoms with Crippen molar-refractivity contribution >= 4 is 41.5 Å². The summed E-state index contributed by atoms with van der Waals surface area (Å²) in [5, 5.41) is 9.28. The van der Waals surface area contributed by atoms with E-state index < -0.39 is 0 Å². The minimum Gasteiger partial charge on any atom is -0.491 e. The normalized spacial score (nSPS) is 12.7. The van der Waals surface area contributed by atoms with Gasteiger partial charge in [0.1, 0.15) is 5.75 Å². The number of carbonyl (C=O) groups excluding carboxylic acids is 1. The Bertz CT molecular complexity index is 956. The van der Waals surface area contributed by atoms with Crippen molar-refractivity contribution in [3.8, 4) is 17.2 Å². The van der Waals surface area contributed by atoms with Crippen LogP contribution in [-0.2, 0) is 11.3 Å². The zero-order valence-corrected chi connectivity index (χ0v) is 22.1. The number of anilines is 1. The van der Waals surface area contributed by atoms with Gasteiger partial charge in [-0.15, -0.1) is 24.0 Å². The van der Waals surface area contributed by atoms with Gasteiger partial charge in [-0.05, 0) is 76.6 Å². The van der Waals surface area contributed by atoms with E-state index in [0.29, 0.717) is 18.3 Å². The Kier molecular flexibility index (Phi) is 9.63. The molecule has 9 heteroatoms. The van der Waals surface area contributed by atoms with Gasteiger partial charge in [0.15, 0.2) is 17.5 Å². The molecular weight excluding hydrogens is 535 g/mol. The highest BCUT2D eigenvalue weighted by atomic mass is 127. The minimum absolute atomic E-state index is 0. The largest absolute Gasteiger partial charge is 0.491 e. The second kappa shape index (κ2) is 12.0. The maximum absolute atomic E-state index is 12.3. The zero-order valence-electron chi connectivity index (χ0n) is 19.7. The van der Waals surface area contributed by atoms with Crippen LogP contribution in [0.25, 0.3) is 0 Å². The second-order valence-electron chi connectivity index (χ2n) is 8.82. The molecule has 33 heavy (non-hydrogen) atoms. The average Bonchev–Trinajstić information content (AvgIpc) is 3.17. The molecule has 1 aliphatic heterocycles. The lowest BCUT2D eigenvalue weighted by Gasteiger charge is -2.21. The number of hydrogen-bond donors (Lipinski definition) is 3. The predicted molar refractivity (Wildman–Crippen MR) is 141 cm³/mol. The minimum atomic E-state index is -0.303. The molecule has 180 valence electrons. The number of fused-ring (bicyclic) bond motifs is 1. The van der Waals surface area contributed by atoms with Crippen molar-refractivity contribution in [3.05, 3.63) is 48.0 Å². The summed E-state index contributed by atoms with van der Waals surface area (Å²) in [6.45, 7) is 10.5. The maximum Gasteiger partial charge on any atom is 0.239 e. The van der Waals surface area contributed by atoms with E-state index in [0.717, 1.165) is 22.7 Å². The molecule has 1 amide bonds. The highest BCUT2D eigenvalue weighted by Gasteiger charge is 2.15. The van der Waals surface area contributed by atoms with Crippen LogP contribution >= 0.6 is 24.0 Å². The van der Waals surface area contributed by atoms with Crippen LogP contribution in [-0.4, -0.2) is 36.8 Å². The van der Waals surface area contributed by atoms with Crippen molar-refractivity contribution < 1.29 is 19.0 Å². The summed E-state index contributed by atoms with van der Waals surface area (Å²) in [7, 11) is 0. The number of guanidine groups is 1. The van der Waals surface area contributed by atoms with Crippen molar-refractivity contribution in [1.82, 2.24) is 10.6 Å². The van der Waals surface area contributed by atoms with Crippen LogP contribution in [0.15, 0.2) is 47.5 Å². The highest BCUT2D eigenvalue weighted by Crippen LogP contribution is 2.32. The van der Waals surface area contributed by atoms with Crippen molar-refractivity contribution in [3.63, 3.8) is 0 Å². The van der Waals surface area contributed by atoms with Gasteiger partial charge in [0, 0.05) is 11.2 Å². The number of amides is 1. The number of nitrogens with zero attached hydrogens (tertiary/aromatic N) is 1. The summed E-state index contributed by atoms with van der Waals surface area (Å²) >= 11 is 0. The van der Waals surface area contributed by atoms with Crippen LogP contribution in [0.5, 0.6) is 17.2 Å². The first kappa shape index (κ1) is 26.6. The molecule has 8 nitrogen and oxygen atoms in total. The van der Waals surface area contributed by atoms with E-state index in [-0.39, 0.29) is 54.9 Å². The van der Waals surface area contributed by atoms with Crippen LogP contribution in [0.2, 0.25) is 0 Å². The van der Waals surface area contributed by atoms with E-state index in [1.54, 1.807) is 0 Å². The fraction of sp³-hybridized carbons (Fsp3) is 0.417. The Morgan fingerprint density at radius 2 is 1.79 bits per heavy atom. The van der Waals surface area contributed by atoms with Gasteiger partial charge in [-0.1, -0.05) is 6.07 Å². The van der Waals surface area contributed by atoms with E-state index in [4.69, 9.17) is 14.2 Å². The van der Waals surface area contributed by atoms with Crippen LogP contribution in [0.4, 0.5) is 5.69 Å². The zero-order chi connectivity index (χ0) is 23.1. The number of aliphatic imine (C=N–C) groups is 1. The summed E-state index contributed by atoms with van der Waals surface area (Å²) in [5.74, 6) is 2.61. The lowest BCUT2D eigenvalue weighted by Crippen LogP contribution is -2.46. The van der Waals surface area contributed by atoms with Gasteiger partial charge in [-0.3, -0.25) is 4.79 Å². The summed E-state index contributed by atoms with van der Waals surface area (Å²) < 4.78 is 16.5. The monoisotopic (exact) mass is 568 g/mol. The number of rotatable bonds is 7. The third-order valence-corrected chi connectivity index (χ3v) is 4.28. The van der Waals surface area contributed by atoms with Crippen molar-refractivity contribution in [1.29, 1.82) is 0 Å². The SMILES string of the molecule is CC(C)Oc1ccc(NC(=NCc2ccc3c(c2)OCO3)NCC(=O)NC(C)(C)C)cc1.I. The number of hydrogen-bond acceptors (Lipinski definition) is 5. The molecule has 1 aliphatic rings. The van der Waals surface area contributed by atoms with Crippen molar-refractivity contribution in [2.24, 2.45) is 4.99 Å². The predicted octanol–water partition coefficient (Wildman–Crippen LogP) is 4.29. The molecule has 0 unspecified atom stereocenters. The molecule has 2 aromatic carbocycles. The molecule has 0 atom stereocenters. The Morgan fingerprint density at radius 3 is 2.45 bits per heavy atom. The van der Waals surface area contributed by atoms with Gasteiger partial charge in [-0.2, -0.15) is 0 Å². The number of ether oxygens (including phenoxy) is 3. The molecule has 0 aliphatic carbocycles. The third kappa shape index (κ3) is 8.99. The Hall–Kier alpha value is -2.69. The fourth-order valence-corrected chi connectivity index (χ4v) is 3.00. The van der Waals surface area contributed by atoms with Crippen LogP contribution in [0, 0.1) is 0 Å². The lowest BCUT2D eigenvalue weighted by molar-refractivity contribution is -0.121. The van der Waals surface area contributed by atoms with Crippen molar-refractivity contribution in [2.45, 2.75) is 52.8 Å². The molecule has 3 N–H and O–H groups in total. The lowest BCUT2D eigenvalue weighted by atomic mass is 10.1. The topological polar surface area (TPSA) is 93.2 Å². The first-order valence-electron chi connectivity index (χ1n) is 10.7. The van der Waals surface area contributed by atoms with Crippen molar-refractivity contribution in [2.75, 3.05) is 18.7 Å². The van der Waals surface area contributed by atoms with Crippen LogP contribution < -0.4 is 30.2 Å². The molecule has 0 aromatic heterocycles. The molecule has 3 rings (SSSR count). The highest BCUT2D eigenvalue weighted by molar-refractivity contribution is 14.0. The van der Waals surface area contributed by atoms with Crippen LogP contribution in [0.3, 0.4) is 0 Å². The Balaban J connectivity index is 0.00000385.